The van der Waals surface area contributed by atoms with Gasteiger partial charge in [0.15, 0.2) is 18.1 Å². The molecule has 2 heterocycles. The number of amides is 1. The van der Waals surface area contributed by atoms with Gasteiger partial charge in [0.05, 0.1) is 34.8 Å². The first-order valence-electron chi connectivity index (χ1n) is 10.4. The van der Waals surface area contributed by atoms with Crippen molar-refractivity contribution in [3.63, 3.8) is 0 Å². The average Bonchev–Trinajstić information content (AvgIpc) is 3.08. The molecule has 0 spiro atoms. The molecule has 2 aliphatic rings. The van der Waals surface area contributed by atoms with Crippen molar-refractivity contribution in [1.82, 2.24) is 9.21 Å². The quantitative estimate of drug-likeness (QED) is 0.631. The zero-order valence-electron chi connectivity index (χ0n) is 17.7. The Kier molecular flexibility index (Phi) is 6.93. The molecule has 33 heavy (non-hydrogen) atoms. The molecule has 0 saturated carbocycles. The van der Waals surface area contributed by atoms with Gasteiger partial charge in [-0.25, -0.2) is 8.42 Å². The number of carbonyl (C=O) groups excluding carboxylic acids is 1. The molecule has 2 aromatic rings. The molecule has 0 bridgehead atoms. The molecule has 1 saturated heterocycles. The minimum absolute atomic E-state index is 0.130. The lowest BCUT2D eigenvalue weighted by Gasteiger charge is -2.34. The molecule has 0 unspecified atom stereocenters. The van der Waals surface area contributed by atoms with Gasteiger partial charge in [0.1, 0.15) is 5.75 Å². The van der Waals surface area contributed by atoms with E-state index in [1.807, 2.05) is 6.07 Å². The van der Waals surface area contributed by atoms with Crippen LogP contribution >= 0.6 is 11.6 Å². The fraction of sp³-hybridized carbons (Fsp3) is 0.364. The summed E-state index contributed by atoms with van der Waals surface area (Å²) < 4.78 is 44.2. The predicted molar refractivity (Wildman–Crippen MR) is 119 cm³/mol. The van der Waals surface area contributed by atoms with Crippen LogP contribution in [0.1, 0.15) is 12.0 Å². The van der Waals surface area contributed by atoms with E-state index in [9.17, 15) is 13.2 Å². The number of benzene rings is 2. The van der Waals surface area contributed by atoms with E-state index in [1.54, 1.807) is 17.0 Å². The Morgan fingerprint density at radius 3 is 2.48 bits per heavy atom. The molecular formula is C22H22ClN3O6S. The fourth-order valence-corrected chi connectivity index (χ4v) is 5.22. The lowest BCUT2D eigenvalue weighted by molar-refractivity contribution is -0.134. The summed E-state index contributed by atoms with van der Waals surface area (Å²) in [6.07, 6.45) is 0.730. The van der Waals surface area contributed by atoms with Crippen molar-refractivity contribution < 1.29 is 27.4 Å². The van der Waals surface area contributed by atoms with E-state index in [4.69, 9.17) is 31.1 Å². The van der Waals surface area contributed by atoms with Crippen LogP contribution < -0.4 is 14.2 Å². The van der Waals surface area contributed by atoms with Gasteiger partial charge in [-0.2, -0.15) is 9.57 Å². The van der Waals surface area contributed by atoms with E-state index in [2.05, 4.69) is 0 Å². The zero-order chi connectivity index (χ0) is 23.4. The number of hydrogen-bond donors (Lipinski definition) is 0. The smallest absolute Gasteiger partial charge is 0.260 e. The first-order valence-corrected chi connectivity index (χ1v) is 12.2. The van der Waals surface area contributed by atoms with Gasteiger partial charge in [-0.1, -0.05) is 11.6 Å². The molecule has 11 heteroatoms. The number of hydrogen-bond acceptors (Lipinski definition) is 7. The van der Waals surface area contributed by atoms with Gasteiger partial charge in [0, 0.05) is 38.7 Å². The SMILES string of the molecule is N#Cc1ccc(OCC(=O)N2CCN(S(=O)(=O)c3ccc4c(c3)OCCCO4)CC2)c(Cl)c1. The van der Waals surface area contributed by atoms with Crippen molar-refractivity contribution in [2.45, 2.75) is 11.3 Å². The van der Waals surface area contributed by atoms with Crippen molar-refractivity contribution in [2.75, 3.05) is 46.0 Å². The third kappa shape index (κ3) is 5.16. The number of carbonyl (C=O) groups is 1. The molecule has 2 aromatic carbocycles. The van der Waals surface area contributed by atoms with Crippen molar-refractivity contribution in [3.8, 4) is 23.3 Å². The molecule has 1 amide bonds. The summed E-state index contributed by atoms with van der Waals surface area (Å²) >= 11 is 6.07. The van der Waals surface area contributed by atoms with Gasteiger partial charge in [-0.3, -0.25) is 4.79 Å². The largest absolute Gasteiger partial charge is 0.490 e. The third-order valence-corrected chi connectivity index (χ3v) is 7.55. The van der Waals surface area contributed by atoms with E-state index in [0.29, 0.717) is 36.0 Å². The third-order valence-electron chi connectivity index (χ3n) is 5.36. The fourth-order valence-electron chi connectivity index (χ4n) is 3.55. The highest BCUT2D eigenvalue weighted by molar-refractivity contribution is 7.89. The highest BCUT2D eigenvalue weighted by Gasteiger charge is 2.31. The summed E-state index contributed by atoms with van der Waals surface area (Å²) in [6.45, 7) is 1.57. The molecule has 4 rings (SSSR count). The monoisotopic (exact) mass is 491 g/mol. The van der Waals surface area contributed by atoms with Gasteiger partial charge in [0.25, 0.3) is 5.91 Å². The van der Waals surface area contributed by atoms with Crippen LogP contribution in [0.25, 0.3) is 0 Å². The maximum Gasteiger partial charge on any atom is 0.260 e. The number of piperazine rings is 1. The molecule has 174 valence electrons. The Balaban J connectivity index is 1.35. The van der Waals surface area contributed by atoms with Crippen LogP contribution in [0.2, 0.25) is 5.02 Å². The Morgan fingerprint density at radius 2 is 1.79 bits per heavy atom. The van der Waals surface area contributed by atoms with Crippen molar-refractivity contribution in [1.29, 1.82) is 5.26 Å². The summed E-state index contributed by atoms with van der Waals surface area (Å²) in [7, 11) is -3.74. The van der Waals surface area contributed by atoms with Crippen molar-refractivity contribution >= 4 is 27.5 Å². The second-order valence-corrected chi connectivity index (χ2v) is 9.83. The second-order valence-electron chi connectivity index (χ2n) is 7.49. The van der Waals surface area contributed by atoms with E-state index < -0.39 is 10.0 Å². The summed E-state index contributed by atoms with van der Waals surface area (Å²) in [6, 6.07) is 11.1. The molecule has 0 N–H and O–H groups in total. The summed E-state index contributed by atoms with van der Waals surface area (Å²) in [4.78, 5) is 14.2. The topological polar surface area (TPSA) is 109 Å². The Hall–Kier alpha value is -3.00. The molecular weight excluding hydrogens is 470 g/mol. The number of fused-ring (bicyclic) bond motifs is 1. The maximum absolute atomic E-state index is 13.1. The van der Waals surface area contributed by atoms with E-state index in [0.717, 1.165) is 6.42 Å². The summed E-state index contributed by atoms with van der Waals surface area (Å²) in [5.74, 6) is 0.980. The van der Waals surface area contributed by atoms with Gasteiger partial charge in [0.2, 0.25) is 10.0 Å². The molecule has 2 aliphatic heterocycles. The molecule has 0 atom stereocenters. The minimum atomic E-state index is -3.74. The van der Waals surface area contributed by atoms with E-state index in [1.165, 1.54) is 28.6 Å². The van der Waals surface area contributed by atoms with E-state index in [-0.39, 0.29) is 48.6 Å². The van der Waals surface area contributed by atoms with E-state index >= 15 is 0 Å². The van der Waals surface area contributed by atoms with Crippen LogP contribution in [-0.4, -0.2) is 69.5 Å². The normalized spacial score (nSPS) is 16.5. The van der Waals surface area contributed by atoms with Gasteiger partial charge >= 0.3 is 0 Å². The van der Waals surface area contributed by atoms with Gasteiger partial charge < -0.3 is 19.1 Å². The molecule has 0 radical (unpaired) electrons. The first kappa shape index (κ1) is 23.2. The minimum Gasteiger partial charge on any atom is -0.490 e. The molecule has 0 aliphatic carbocycles. The maximum atomic E-state index is 13.1. The van der Waals surface area contributed by atoms with Crippen LogP contribution in [-0.2, 0) is 14.8 Å². The summed E-state index contributed by atoms with van der Waals surface area (Å²) in [5, 5.41) is 9.13. The number of sulfonamides is 1. The Labute approximate surface area is 197 Å². The average molecular weight is 492 g/mol. The Bertz CT molecular complexity index is 1190. The number of rotatable bonds is 5. The lowest BCUT2D eigenvalue weighted by atomic mass is 10.2. The van der Waals surface area contributed by atoms with Gasteiger partial charge in [-0.05, 0) is 30.3 Å². The van der Waals surface area contributed by atoms with Crippen LogP contribution in [0.5, 0.6) is 17.2 Å². The molecule has 1 fully saturated rings. The number of halogens is 1. The highest BCUT2D eigenvalue weighted by atomic mass is 35.5. The van der Waals surface area contributed by atoms with Crippen LogP contribution in [0.3, 0.4) is 0 Å². The van der Waals surface area contributed by atoms with Crippen LogP contribution in [0.4, 0.5) is 0 Å². The first-order chi connectivity index (χ1) is 15.9. The number of nitrogens with zero attached hydrogens (tertiary/aromatic N) is 3. The standard InChI is InChI=1S/C22H22ClN3O6S/c23-18-12-16(14-24)2-4-19(18)32-15-22(27)25-6-8-26(9-7-25)33(28,29)17-3-5-20-21(13-17)31-11-1-10-30-20/h2-5,12-13H,1,6-11,15H2. The Morgan fingerprint density at radius 1 is 1.06 bits per heavy atom. The van der Waals surface area contributed by atoms with Crippen molar-refractivity contribution in [2.24, 2.45) is 0 Å². The highest BCUT2D eigenvalue weighted by Crippen LogP contribution is 2.33. The summed E-state index contributed by atoms with van der Waals surface area (Å²) in [5.41, 5.74) is 0.393. The lowest BCUT2D eigenvalue weighted by Crippen LogP contribution is -2.51. The van der Waals surface area contributed by atoms with Crippen molar-refractivity contribution in [3.05, 3.63) is 47.0 Å². The van der Waals surface area contributed by atoms with Crippen LogP contribution in [0, 0.1) is 11.3 Å². The number of ether oxygens (including phenoxy) is 3. The predicted octanol–water partition coefficient (Wildman–Crippen LogP) is 2.28. The number of nitriles is 1. The van der Waals surface area contributed by atoms with Crippen LogP contribution in [0.15, 0.2) is 41.3 Å². The zero-order valence-corrected chi connectivity index (χ0v) is 19.3. The molecule has 9 nitrogen and oxygen atoms in total. The molecule has 0 aromatic heterocycles. The van der Waals surface area contributed by atoms with Gasteiger partial charge in [-0.15, -0.1) is 0 Å². The second kappa shape index (κ2) is 9.87.